The molecule has 74 valence electrons. The fraction of sp³-hybridized carbons (Fsp3) is 0.0909. The first kappa shape index (κ1) is 9.28. The Labute approximate surface area is 87.6 Å². The minimum Gasteiger partial charge on any atom is -0.352 e. The Hall–Kier alpha value is -2.28. The summed E-state index contributed by atoms with van der Waals surface area (Å²) in [5, 5.41) is 18.7. The lowest BCUT2D eigenvalue weighted by molar-refractivity contribution is 1.09. The van der Waals surface area contributed by atoms with Gasteiger partial charge in [0.15, 0.2) is 0 Å². The van der Waals surface area contributed by atoms with E-state index < -0.39 is 0 Å². The monoisotopic (exact) mass is 198 g/mol. The zero-order valence-corrected chi connectivity index (χ0v) is 8.28. The fourth-order valence-electron chi connectivity index (χ4n) is 1.40. The first-order valence-electron chi connectivity index (χ1n) is 4.57. The van der Waals surface area contributed by atoms with E-state index in [-0.39, 0.29) is 0 Å². The Morgan fingerprint density at radius 3 is 3.00 bits per heavy atom. The molecule has 0 amide bonds. The van der Waals surface area contributed by atoms with Crippen molar-refractivity contribution >= 4 is 11.4 Å². The van der Waals surface area contributed by atoms with Gasteiger partial charge >= 0.3 is 0 Å². The molecule has 0 aliphatic heterocycles. The highest BCUT2D eigenvalue weighted by atomic mass is 15.1. The van der Waals surface area contributed by atoms with E-state index in [0.29, 0.717) is 5.56 Å². The second-order valence-corrected chi connectivity index (χ2v) is 3.22. The van der Waals surface area contributed by atoms with Gasteiger partial charge in [0.2, 0.25) is 0 Å². The van der Waals surface area contributed by atoms with Gasteiger partial charge in [0.25, 0.3) is 0 Å². The lowest BCUT2D eigenvalue weighted by Gasteiger charge is -2.07. The van der Waals surface area contributed by atoms with Crippen molar-refractivity contribution in [3.63, 3.8) is 0 Å². The van der Waals surface area contributed by atoms with Gasteiger partial charge in [-0.1, -0.05) is 12.1 Å². The molecular formula is C11H10N4. The molecular weight excluding hydrogens is 188 g/mol. The number of hydrogen-bond acceptors (Lipinski definition) is 3. The topological polar surface area (TPSA) is 64.5 Å². The number of nitrogens with one attached hydrogen (secondary N) is 2. The molecule has 1 aromatic heterocycles. The fourth-order valence-corrected chi connectivity index (χ4v) is 1.40. The summed E-state index contributed by atoms with van der Waals surface area (Å²) in [7, 11) is 0. The summed E-state index contributed by atoms with van der Waals surface area (Å²) in [4.78, 5) is 0. The third-order valence-corrected chi connectivity index (χ3v) is 2.16. The number of aromatic nitrogens is 2. The predicted molar refractivity (Wildman–Crippen MR) is 57.8 cm³/mol. The van der Waals surface area contributed by atoms with Crippen LogP contribution in [-0.2, 0) is 0 Å². The summed E-state index contributed by atoms with van der Waals surface area (Å²) in [5.41, 5.74) is 3.28. The lowest BCUT2D eigenvalue weighted by Crippen LogP contribution is -1.94. The number of nitrogens with zero attached hydrogens (tertiary/aromatic N) is 2. The van der Waals surface area contributed by atoms with E-state index in [2.05, 4.69) is 21.6 Å². The van der Waals surface area contributed by atoms with Crippen LogP contribution in [0.15, 0.2) is 30.6 Å². The number of aromatic amines is 1. The molecule has 1 heterocycles. The number of H-pyrrole nitrogens is 1. The molecule has 4 heteroatoms. The maximum absolute atomic E-state index is 9.01. The smallest absolute Gasteiger partial charge is 0.102 e. The molecule has 15 heavy (non-hydrogen) atoms. The van der Waals surface area contributed by atoms with Crippen molar-refractivity contribution in [3.05, 3.63) is 41.7 Å². The zero-order chi connectivity index (χ0) is 10.7. The van der Waals surface area contributed by atoms with Crippen LogP contribution in [0, 0.1) is 18.3 Å². The van der Waals surface area contributed by atoms with E-state index in [0.717, 1.165) is 16.9 Å². The van der Waals surface area contributed by atoms with Crippen molar-refractivity contribution in [2.24, 2.45) is 0 Å². The van der Waals surface area contributed by atoms with Crippen LogP contribution in [0.1, 0.15) is 11.1 Å². The van der Waals surface area contributed by atoms with Gasteiger partial charge in [-0.3, -0.25) is 5.10 Å². The van der Waals surface area contributed by atoms with E-state index >= 15 is 0 Å². The van der Waals surface area contributed by atoms with Crippen LogP contribution >= 0.6 is 0 Å². The van der Waals surface area contributed by atoms with E-state index in [1.165, 1.54) is 0 Å². The number of benzene rings is 1. The van der Waals surface area contributed by atoms with Crippen molar-refractivity contribution in [1.82, 2.24) is 10.2 Å². The van der Waals surface area contributed by atoms with E-state index in [1.807, 2.05) is 25.1 Å². The summed E-state index contributed by atoms with van der Waals surface area (Å²) in [6.07, 6.45) is 3.41. The molecule has 4 nitrogen and oxygen atoms in total. The number of anilines is 2. The van der Waals surface area contributed by atoms with Crippen LogP contribution in [0.2, 0.25) is 0 Å². The van der Waals surface area contributed by atoms with Gasteiger partial charge in [0, 0.05) is 6.20 Å². The number of hydrogen-bond donors (Lipinski definition) is 2. The second-order valence-electron chi connectivity index (χ2n) is 3.22. The number of nitriles is 1. The molecule has 0 fully saturated rings. The average molecular weight is 198 g/mol. The van der Waals surface area contributed by atoms with Crippen LogP contribution in [0.5, 0.6) is 0 Å². The Kier molecular flexibility index (Phi) is 2.38. The first-order chi connectivity index (χ1) is 7.31. The van der Waals surface area contributed by atoms with Gasteiger partial charge in [0.05, 0.1) is 23.1 Å². The third kappa shape index (κ3) is 1.81. The van der Waals surface area contributed by atoms with Crippen LogP contribution < -0.4 is 5.32 Å². The normalized spacial score (nSPS) is 9.60. The average Bonchev–Trinajstić information content (AvgIpc) is 2.71. The van der Waals surface area contributed by atoms with E-state index in [9.17, 15) is 0 Å². The van der Waals surface area contributed by atoms with Crippen molar-refractivity contribution in [1.29, 1.82) is 5.26 Å². The molecule has 0 saturated heterocycles. The second kappa shape index (κ2) is 3.84. The Morgan fingerprint density at radius 1 is 1.47 bits per heavy atom. The standard InChI is InChI=1S/C11H10N4/c1-8-3-2-4-11(10(8)5-12)15-9-6-13-14-7-9/h2-4,6-7,15H,1H3,(H,13,14). The van der Waals surface area contributed by atoms with Gasteiger partial charge < -0.3 is 5.32 Å². The van der Waals surface area contributed by atoms with Crippen molar-refractivity contribution in [2.45, 2.75) is 6.92 Å². The largest absolute Gasteiger partial charge is 0.352 e. The van der Waals surface area contributed by atoms with E-state index in [1.54, 1.807) is 12.4 Å². The van der Waals surface area contributed by atoms with Crippen molar-refractivity contribution in [2.75, 3.05) is 5.32 Å². The molecule has 0 aliphatic rings. The highest BCUT2D eigenvalue weighted by Gasteiger charge is 2.04. The van der Waals surface area contributed by atoms with Gasteiger partial charge in [0.1, 0.15) is 6.07 Å². The lowest BCUT2D eigenvalue weighted by atomic mass is 10.1. The highest BCUT2D eigenvalue weighted by molar-refractivity contribution is 5.67. The maximum atomic E-state index is 9.01. The third-order valence-electron chi connectivity index (χ3n) is 2.16. The summed E-state index contributed by atoms with van der Waals surface area (Å²) in [5.74, 6) is 0. The van der Waals surface area contributed by atoms with Crippen LogP contribution in [-0.4, -0.2) is 10.2 Å². The molecule has 0 bridgehead atoms. The zero-order valence-electron chi connectivity index (χ0n) is 8.28. The predicted octanol–water partition coefficient (Wildman–Crippen LogP) is 2.33. The minimum atomic E-state index is 0.665. The molecule has 0 unspecified atom stereocenters. The Balaban J connectivity index is 2.37. The molecule has 2 rings (SSSR count). The van der Waals surface area contributed by atoms with Crippen molar-refractivity contribution < 1.29 is 0 Å². The molecule has 0 saturated carbocycles. The van der Waals surface area contributed by atoms with Crippen LogP contribution in [0.4, 0.5) is 11.4 Å². The number of aryl methyl sites for hydroxylation is 1. The molecule has 2 aromatic rings. The van der Waals surface area contributed by atoms with Gasteiger partial charge in [-0.25, -0.2) is 0 Å². The van der Waals surface area contributed by atoms with Crippen molar-refractivity contribution in [3.8, 4) is 6.07 Å². The molecule has 0 atom stereocenters. The molecule has 0 spiro atoms. The van der Waals surface area contributed by atoms with Gasteiger partial charge in [-0.2, -0.15) is 10.4 Å². The Bertz CT molecular complexity index is 494. The number of rotatable bonds is 2. The minimum absolute atomic E-state index is 0.665. The summed E-state index contributed by atoms with van der Waals surface area (Å²) in [6.45, 7) is 1.92. The maximum Gasteiger partial charge on any atom is 0.102 e. The van der Waals surface area contributed by atoms with Gasteiger partial charge in [-0.15, -0.1) is 0 Å². The molecule has 0 radical (unpaired) electrons. The SMILES string of the molecule is Cc1cccc(Nc2cn[nH]c2)c1C#N. The molecule has 0 aliphatic carbocycles. The molecule has 2 N–H and O–H groups in total. The summed E-state index contributed by atoms with van der Waals surface area (Å²) >= 11 is 0. The van der Waals surface area contributed by atoms with Crippen LogP contribution in [0.25, 0.3) is 0 Å². The van der Waals surface area contributed by atoms with Gasteiger partial charge in [-0.05, 0) is 18.6 Å². The van der Waals surface area contributed by atoms with E-state index in [4.69, 9.17) is 5.26 Å². The Morgan fingerprint density at radius 2 is 2.33 bits per heavy atom. The molecule has 1 aromatic carbocycles. The summed E-state index contributed by atoms with van der Waals surface area (Å²) in [6, 6.07) is 7.89. The first-order valence-corrected chi connectivity index (χ1v) is 4.57. The quantitative estimate of drug-likeness (QED) is 0.778. The summed E-state index contributed by atoms with van der Waals surface area (Å²) < 4.78 is 0. The highest BCUT2D eigenvalue weighted by Crippen LogP contribution is 2.21. The van der Waals surface area contributed by atoms with Crippen LogP contribution in [0.3, 0.4) is 0 Å².